The van der Waals surface area contributed by atoms with Gasteiger partial charge in [0.05, 0.1) is 18.6 Å². The van der Waals surface area contributed by atoms with Crippen molar-refractivity contribution in [1.82, 2.24) is 4.72 Å². The molecule has 12 heteroatoms. The van der Waals surface area contributed by atoms with Gasteiger partial charge in [0, 0.05) is 5.69 Å². The van der Waals surface area contributed by atoms with E-state index in [0.717, 1.165) is 7.11 Å². The number of anilines is 1. The number of hydrogen-bond donors (Lipinski definition) is 6. The molecule has 26 heavy (non-hydrogen) atoms. The minimum absolute atomic E-state index is 0.206. The molecule has 146 valence electrons. The summed E-state index contributed by atoms with van der Waals surface area (Å²) in [7, 11) is -3.07. The van der Waals surface area contributed by atoms with Gasteiger partial charge in [-0.25, -0.2) is 17.9 Å². The predicted molar refractivity (Wildman–Crippen MR) is 86.6 cm³/mol. The number of aliphatic hydroxyl groups is 4. The van der Waals surface area contributed by atoms with E-state index in [1.54, 1.807) is 4.72 Å². The second-order valence-corrected chi connectivity index (χ2v) is 7.20. The van der Waals surface area contributed by atoms with Gasteiger partial charge in [0.25, 0.3) is 10.0 Å². The van der Waals surface area contributed by atoms with Crippen molar-refractivity contribution >= 4 is 21.8 Å². The zero-order valence-corrected chi connectivity index (χ0v) is 14.5. The number of aliphatic hydroxyl groups excluding tert-OH is 4. The van der Waals surface area contributed by atoms with Crippen LogP contribution in [0.5, 0.6) is 0 Å². The van der Waals surface area contributed by atoms with E-state index in [1.165, 1.54) is 24.3 Å². The van der Waals surface area contributed by atoms with E-state index in [1.807, 2.05) is 0 Å². The van der Waals surface area contributed by atoms with Crippen LogP contribution in [0.3, 0.4) is 0 Å². The molecule has 11 nitrogen and oxygen atoms in total. The van der Waals surface area contributed by atoms with E-state index < -0.39 is 53.4 Å². The first-order chi connectivity index (χ1) is 12.2. The number of methoxy groups -OCH3 is 1. The molecule has 1 aromatic rings. The lowest BCUT2D eigenvalue weighted by molar-refractivity contribution is -0.221. The van der Waals surface area contributed by atoms with Crippen LogP contribution in [0, 0.1) is 0 Å². The number of nitrogens with one attached hydrogen (secondary N) is 2. The van der Waals surface area contributed by atoms with Crippen LogP contribution < -0.4 is 10.0 Å². The number of carbonyl (C=O) groups is 1. The molecular weight excluding hydrogens is 372 g/mol. The number of hydrogen-bond acceptors (Lipinski definition) is 10. The highest BCUT2D eigenvalue weighted by atomic mass is 32.2. The molecule has 1 amide bonds. The van der Waals surface area contributed by atoms with E-state index in [0.29, 0.717) is 5.69 Å². The Morgan fingerprint density at radius 3 is 2.31 bits per heavy atom. The molecular formula is C14H20N2O9S. The van der Waals surface area contributed by atoms with Gasteiger partial charge < -0.3 is 35.2 Å². The van der Waals surface area contributed by atoms with Gasteiger partial charge in [0.15, 0.2) is 6.23 Å². The van der Waals surface area contributed by atoms with Crippen LogP contribution in [-0.2, 0) is 19.5 Å². The Balaban J connectivity index is 2.10. The van der Waals surface area contributed by atoms with Crippen LogP contribution in [0.1, 0.15) is 0 Å². The number of rotatable bonds is 5. The quantitative estimate of drug-likeness (QED) is 0.327. The summed E-state index contributed by atoms with van der Waals surface area (Å²) < 4.78 is 35.1. The molecule has 1 unspecified atom stereocenters. The van der Waals surface area contributed by atoms with Crippen molar-refractivity contribution in [2.75, 3.05) is 19.0 Å². The minimum Gasteiger partial charge on any atom is -0.452 e. The summed E-state index contributed by atoms with van der Waals surface area (Å²) in [6.45, 7) is -0.570. The Hall–Kier alpha value is -1.96. The Morgan fingerprint density at radius 2 is 1.77 bits per heavy atom. The summed E-state index contributed by atoms with van der Waals surface area (Å²) in [4.78, 5) is 10.8. The number of ether oxygens (including phenoxy) is 2. The van der Waals surface area contributed by atoms with Crippen LogP contribution in [-0.4, -0.2) is 79.3 Å². The maximum Gasteiger partial charge on any atom is 0.420 e. The molecule has 6 N–H and O–H groups in total. The Labute approximate surface area is 149 Å². The van der Waals surface area contributed by atoms with Crippen molar-refractivity contribution in [2.24, 2.45) is 0 Å². The first-order valence-electron chi connectivity index (χ1n) is 7.47. The molecule has 1 aliphatic heterocycles. The highest BCUT2D eigenvalue weighted by molar-refractivity contribution is 7.90. The topological polar surface area (TPSA) is 175 Å². The first kappa shape index (κ1) is 20.4. The fourth-order valence-electron chi connectivity index (χ4n) is 2.33. The second-order valence-electron chi connectivity index (χ2n) is 5.52. The molecule has 1 fully saturated rings. The summed E-state index contributed by atoms with van der Waals surface area (Å²) in [5.74, 6) is 0. The third kappa shape index (κ3) is 4.41. The minimum atomic E-state index is -4.10. The van der Waals surface area contributed by atoms with Gasteiger partial charge in [-0.05, 0) is 24.3 Å². The van der Waals surface area contributed by atoms with Gasteiger partial charge in [0.2, 0.25) is 0 Å². The molecule has 1 heterocycles. The van der Waals surface area contributed by atoms with Crippen molar-refractivity contribution in [3.8, 4) is 0 Å². The Morgan fingerprint density at radius 1 is 1.15 bits per heavy atom. The molecule has 1 saturated heterocycles. The van der Waals surface area contributed by atoms with Gasteiger partial charge in [-0.3, -0.25) is 0 Å². The lowest BCUT2D eigenvalue weighted by Gasteiger charge is -2.40. The fraction of sp³-hybridized carbons (Fsp3) is 0.500. The zero-order chi connectivity index (χ0) is 19.5. The van der Waals surface area contributed by atoms with Crippen molar-refractivity contribution < 1.29 is 43.1 Å². The average molecular weight is 392 g/mol. The van der Waals surface area contributed by atoms with Gasteiger partial charge in [-0.1, -0.05) is 0 Å². The zero-order valence-electron chi connectivity index (χ0n) is 13.6. The van der Waals surface area contributed by atoms with Crippen molar-refractivity contribution in [3.05, 3.63) is 24.3 Å². The molecule has 0 bridgehead atoms. The first-order valence-corrected chi connectivity index (χ1v) is 8.96. The molecule has 0 radical (unpaired) electrons. The molecule has 0 spiro atoms. The van der Waals surface area contributed by atoms with Gasteiger partial charge in [-0.15, -0.1) is 0 Å². The van der Waals surface area contributed by atoms with Crippen LogP contribution in [0.25, 0.3) is 0 Å². The lowest BCUT2D eigenvalue weighted by Crippen LogP contribution is -2.60. The smallest absolute Gasteiger partial charge is 0.420 e. The summed E-state index contributed by atoms with van der Waals surface area (Å²) in [6.07, 6.45) is -7.87. The van der Waals surface area contributed by atoms with Crippen LogP contribution in [0.4, 0.5) is 10.5 Å². The van der Waals surface area contributed by atoms with E-state index in [2.05, 4.69) is 10.1 Å². The number of benzene rings is 1. The molecule has 1 aliphatic rings. The van der Waals surface area contributed by atoms with Gasteiger partial charge in [-0.2, -0.15) is 0 Å². The molecule has 0 aromatic heterocycles. The number of amides is 1. The van der Waals surface area contributed by atoms with Crippen LogP contribution in [0.15, 0.2) is 29.2 Å². The number of carbonyl (C=O) groups excluding carboxylic acids is 1. The third-order valence-corrected chi connectivity index (χ3v) is 5.10. The molecule has 5 atom stereocenters. The molecule has 1 aromatic carbocycles. The van der Waals surface area contributed by atoms with E-state index in [9.17, 15) is 28.5 Å². The van der Waals surface area contributed by atoms with E-state index in [4.69, 9.17) is 9.84 Å². The van der Waals surface area contributed by atoms with E-state index in [-0.39, 0.29) is 4.90 Å². The summed E-state index contributed by atoms with van der Waals surface area (Å²) >= 11 is 0. The van der Waals surface area contributed by atoms with Crippen LogP contribution >= 0.6 is 0 Å². The SMILES string of the molecule is COC(=O)NS(=O)(=O)c1ccc(NC2O[C@H](CO)[C@@H](O)[C@H](O)[C@H]2O)cc1. The third-order valence-electron chi connectivity index (χ3n) is 3.77. The summed E-state index contributed by atoms with van der Waals surface area (Å²) in [6, 6.07) is 5.07. The Bertz CT molecular complexity index is 722. The van der Waals surface area contributed by atoms with Gasteiger partial charge >= 0.3 is 6.09 Å². The summed E-state index contributed by atoms with van der Waals surface area (Å²) in [5, 5.41) is 41.3. The van der Waals surface area contributed by atoms with E-state index >= 15 is 0 Å². The second kappa shape index (κ2) is 8.16. The standard InChI is InChI=1S/C14H20N2O9S/c1-24-14(21)16-26(22,23)8-4-2-7(3-5-8)15-13-12(20)11(19)10(18)9(6-17)25-13/h2-5,9-13,15,17-20H,6H2,1H3,(H,16,21)/t9-,10-,11+,12-,13?/m1/s1. The largest absolute Gasteiger partial charge is 0.452 e. The molecule has 2 rings (SSSR count). The lowest BCUT2D eigenvalue weighted by atomic mass is 9.98. The fourth-order valence-corrected chi connectivity index (χ4v) is 3.24. The predicted octanol–water partition coefficient (Wildman–Crippen LogP) is -2.06. The highest BCUT2D eigenvalue weighted by Crippen LogP contribution is 2.23. The molecule has 0 aliphatic carbocycles. The maximum absolute atomic E-state index is 11.9. The normalized spacial score (nSPS) is 29.0. The van der Waals surface area contributed by atoms with Crippen molar-refractivity contribution in [2.45, 2.75) is 35.5 Å². The van der Waals surface area contributed by atoms with Crippen molar-refractivity contribution in [3.63, 3.8) is 0 Å². The van der Waals surface area contributed by atoms with Crippen LogP contribution in [0.2, 0.25) is 0 Å². The monoisotopic (exact) mass is 392 g/mol. The average Bonchev–Trinajstić information content (AvgIpc) is 2.62. The number of sulfonamides is 1. The molecule has 0 saturated carbocycles. The van der Waals surface area contributed by atoms with Crippen molar-refractivity contribution in [1.29, 1.82) is 0 Å². The Kier molecular flexibility index (Phi) is 6.39. The maximum atomic E-state index is 11.9. The highest BCUT2D eigenvalue weighted by Gasteiger charge is 2.43. The summed E-state index contributed by atoms with van der Waals surface area (Å²) in [5.41, 5.74) is 0.325. The van der Waals surface area contributed by atoms with Gasteiger partial charge in [0.1, 0.15) is 24.4 Å².